The van der Waals surface area contributed by atoms with E-state index in [0.717, 1.165) is 5.56 Å². The number of halogens is 1. The van der Waals surface area contributed by atoms with Crippen LogP contribution >= 0.6 is 11.8 Å². The predicted molar refractivity (Wildman–Crippen MR) is 102 cm³/mol. The summed E-state index contributed by atoms with van der Waals surface area (Å²) in [6.45, 7) is 0.542. The van der Waals surface area contributed by atoms with Crippen molar-refractivity contribution < 1.29 is 18.4 Å². The molecule has 9 heteroatoms. The van der Waals surface area contributed by atoms with E-state index in [4.69, 9.17) is 15.0 Å². The van der Waals surface area contributed by atoms with Crippen molar-refractivity contribution in [1.82, 2.24) is 10.1 Å². The summed E-state index contributed by atoms with van der Waals surface area (Å²) in [5.74, 6) is 0.821. The van der Waals surface area contributed by atoms with Gasteiger partial charge >= 0.3 is 6.09 Å². The van der Waals surface area contributed by atoms with E-state index in [1.54, 1.807) is 12.1 Å². The van der Waals surface area contributed by atoms with Gasteiger partial charge in [0.1, 0.15) is 11.9 Å². The Bertz CT molecular complexity index is 982. The van der Waals surface area contributed by atoms with Crippen LogP contribution in [-0.2, 0) is 10.5 Å². The molecule has 1 aliphatic heterocycles. The molecule has 7 nitrogen and oxygen atoms in total. The van der Waals surface area contributed by atoms with Gasteiger partial charge in [0, 0.05) is 17.0 Å². The highest BCUT2D eigenvalue weighted by Gasteiger charge is 2.31. The zero-order valence-electron chi connectivity index (χ0n) is 14.7. The van der Waals surface area contributed by atoms with Gasteiger partial charge in [-0.25, -0.2) is 9.18 Å². The Hall–Kier alpha value is -2.91. The fourth-order valence-corrected chi connectivity index (χ4v) is 3.55. The average Bonchev–Trinajstić information content (AvgIpc) is 3.34. The summed E-state index contributed by atoms with van der Waals surface area (Å²) in [4.78, 5) is 18.0. The second-order valence-electron chi connectivity index (χ2n) is 6.14. The number of rotatable bonds is 6. The number of nitrogens with zero attached hydrogens (tertiary/aromatic N) is 3. The van der Waals surface area contributed by atoms with Gasteiger partial charge in [-0.15, -0.1) is 11.8 Å². The van der Waals surface area contributed by atoms with Crippen LogP contribution in [0.25, 0.3) is 11.5 Å². The Kier molecular flexibility index (Phi) is 5.27. The van der Waals surface area contributed by atoms with E-state index in [1.807, 2.05) is 30.3 Å². The van der Waals surface area contributed by atoms with Crippen LogP contribution in [-0.4, -0.2) is 35.4 Å². The standard InChI is InChI=1S/C19H17FN4O3S/c20-15-8-13(24-10-14(9-21)26-19(24)25)6-7-16(15)28-11-17-22-18(27-23-17)12-4-2-1-3-5-12/h1-8,14H,9-11,21H2/t14-/m0/s1. The van der Waals surface area contributed by atoms with Crippen molar-refractivity contribution >= 4 is 23.5 Å². The van der Waals surface area contributed by atoms with Crippen LogP contribution in [0.5, 0.6) is 0 Å². The van der Waals surface area contributed by atoms with Crippen LogP contribution < -0.4 is 10.6 Å². The maximum atomic E-state index is 14.5. The summed E-state index contributed by atoms with van der Waals surface area (Å²) in [6.07, 6.45) is -0.892. The normalized spacial score (nSPS) is 16.4. The number of carbonyl (C=O) groups is 1. The van der Waals surface area contributed by atoms with Gasteiger partial charge in [0.25, 0.3) is 5.89 Å². The second kappa shape index (κ2) is 7.99. The van der Waals surface area contributed by atoms with Crippen molar-refractivity contribution in [2.24, 2.45) is 5.73 Å². The van der Waals surface area contributed by atoms with Gasteiger partial charge in [0.15, 0.2) is 5.82 Å². The lowest BCUT2D eigenvalue weighted by molar-refractivity contribution is 0.145. The van der Waals surface area contributed by atoms with Crippen molar-refractivity contribution in [3.05, 3.63) is 60.2 Å². The Morgan fingerprint density at radius 1 is 1.25 bits per heavy atom. The topological polar surface area (TPSA) is 94.5 Å². The van der Waals surface area contributed by atoms with E-state index < -0.39 is 11.9 Å². The van der Waals surface area contributed by atoms with Gasteiger partial charge < -0.3 is 15.0 Å². The van der Waals surface area contributed by atoms with Crippen LogP contribution in [0, 0.1) is 5.82 Å². The number of hydrogen-bond donors (Lipinski definition) is 1. The summed E-state index contributed by atoms with van der Waals surface area (Å²) >= 11 is 1.25. The monoisotopic (exact) mass is 400 g/mol. The zero-order chi connectivity index (χ0) is 19.5. The average molecular weight is 400 g/mol. The van der Waals surface area contributed by atoms with Crippen LogP contribution in [0.2, 0.25) is 0 Å². The molecule has 2 aromatic carbocycles. The summed E-state index contributed by atoms with van der Waals surface area (Å²) in [6, 6.07) is 14.0. The van der Waals surface area contributed by atoms with Crippen LogP contribution in [0.3, 0.4) is 0 Å². The first-order valence-electron chi connectivity index (χ1n) is 8.62. The number of nitrogens with two attached hydrogens (primary N) is 1. The first-order chi connectivity index (χ1) is 13.6. The number of carbonyl (C=O) groups excluding carboxylic acids is 1. The third-order valence-corrected chi connectivity index (χ3v) is 5.25. The van der Waals surface area contributed by atoms with E-state index in [1.165, 1.54) is 22.7 Å². The lowest BCUT2D eigenvalue weighted by atomic mass is 10.2. The van der Waals surface area contributed by atoms with E-state index in [0.29, 0.717) is 34.6 Å². The molecule has 144 valence electrons. The first kappa shape index (κ1) is 18.5. The van der Waals surface area contributed by atoms with Gasteiger partial charge in [0.2, 0.25) is 0 Å². The Morgan fingerprint density at radius 3 is 2.79 bits per heavy atom. The zero-order valence-corrected chi connectivity index (χ0v) is 15.6. The third kappa shape index (κ3) is 3.85. The highest BCUT2D eigenvalue weighted by molar-refractivity contribution is 7.98. The molecular formula is C19H17FN4O3S. The molecule has 3 aromatic rings. The molecule has 1 aliphatic rings. The number of anilines is 1. The van der Waals surface area contributed by atoms with Gasteiger partial charge in [-0.05, 0) is 30.3 Å². The largest absolute Gasteiger partial charge is 0.443 e. The molecule has 1 atom stereocenters. The lowest BCUT2D eigenvalue weighted by Crippen LogP contribution is -2.27. The summed E-state index contributed by atoms with van der Waals surface area (Å²) < 4.78 is 24.8. The lowest BCUT2D eigenvalue weighted by Gasteiger charge is -2.13. The molecule has 0 radical (unpaired) electrons. The molecular weight excluding hydrogens is 383 g/mol. The van der Waals surface area contributed by atoms with Crippen LogP contribution in [0.1, 0.15) is 5.82 Å². The van der Waals surface area contributed by atoms with E-state index >= 15 is 0 Å². The molecule has 0 saturated carbocycles. The SMILES string of the molecule is NC[C@H]1CN(c2ccc(SCc3noc(-c4ccccc4)n3)c(F)c2)C(=O)O1. The molecule has 1 saturated heterocycles. The van der Waals surface area contributed by atoms with Crippen LogP contribution in [0.15, 0.2) is 57.9 Å². The fraction of sp³-hybridized carbons (Fsp3) is 0.211. The van der Waals surface area contributed by atoms with Crippen molar-refractivity contribution in [2.45, 2.75) is 16.8 Å². The smallest absolute Gasteiger partial charge is 0.414 e. The minimum atomic E-state index is -0.518. The summed E-state index contributed by atoms with van der Waals surface area (Å²) in [5, 5.41) is 3.93. The van der Waals surface area contributed by atoms with E-state index in [9.17, 15) is 9.18 Å². The minimum Gasteiger partial charge on any atom is -0.443 e. The maximum absolute atomic E-state index is 14.5. The number of aromatic nitrogens is 2. The van der Waals surface area contributed by atoms with Crippen molar-refractivity contribution in [3.8, 4) is 11.5 Å². The molecule has 1 aromatic heterocycles. The minimum absolute atomic E-state index is 0.230. The predicted octanol–water partition coefficient (Wildman–Crippen LogP) is 3.45. The van der Waals surface area contributed by atoms with Crippen molar-refractivity contribution in [1.29, 1.82) is 0 Å². The Balaban J connectivity index is 1.42. The molecule has 0 aliphatic carbocycles. The third-order valence-electron chi connectivity index (χ3n) is 4.21. The molecule has 0 spiro atoms. The highest BCUT2D eigenvalue weighted by atomic mass is 32.2. The number of cyclic esters (lactones) is 1. The van der Waals surface area contributed by atoms with E-state index in [2.05, 4.69) is 10.1 Å². The molecule has 1 amide bonds. The number of benzene rings is 2. The molecule has 4 rings (SSSR count). The molecule has 0 bridgehead atoms. The number of hydrogen-bond acceptors (Lipinski definition) is 7. The van der Waals surface area contributed by atoms with Gasteiger partial charge in [-0.2, -0.15) is 4.98 Å². The highest BCUT2D eigenvalue weighted by Crippen LogP contribution is 2.30. The molecule has 28 heavy (non-hydrogen) atoms. The molecule has 0 unspecified atom stereocenters. The number of ether oxygens (including phenoxy) is 1. The Labute approximate surface area is 164 Å². The molecule has 2 heterocycles. The molecule has 1 fully saturated rings. The van der Waals surface area contributed by atoms with E-state index in [-0.39, 0.29) is 12.6 Å². The maximum Gasteiger partial charge on any atom is 0.414 e. The first-order valence-corrected chi connectivity index (χ1v) is 9.61. The fourth-order valence-electron chi connectivity index (χ4n) is 2.78. The quantitative estimate of drug-likeness (QED) is 0.633. The van der Waals surface area contributed by atoms with Crippen molar-refractivity contribution in [2.75, 3.05) is 18.0 Å². The van der Waals surface area contributed by atoms with Gasteiger partial charge in [0.05, 0.1) is 18.0 Å². The Morgan fingerprint density at radius 2 is 2.07 bits per heavy atom. The van der Waals surface area contributed by atoms with Crippen LogP contribution in [0.4, 0.5) is 14.9 Å². The second-order valence-corrected chi connectivity index (χ2v) is 7.15. The number of thioether (sulfide) groups is 1. The van der Waals surface area contributed by atoms with Crippen molar-refractivity contribution in [3.63, 3.8) is 0 Å². The van der Waals surface area contributed by atoms with Gasteiger partial charge in [-0.1, -0.05) is 23.4 Å². The summed E-state index contributed by atoms with van der Waals surface area (Å²) in [5.41, 5.74) is 6.79. The summed E-state index contributed by atoms with van der Waals surface area (Å²) in [7, 11) is 0. The number of amides is 1. The van der Waals surface area contributed by atoms with Gasteiger partial charge in [-0.3, -0.25) is 4.90 Å². The molecule has 2 N–H and O–H groups in total.